The minimum absolute atomic E-state index is 0.687. The molecule has 0 aliphatic carbocycles. The summed E-state index contributed by atoms with van der Waals surface area (Å²) in [7, 11) is 0.332. The van der Waals surface area contributed by atoms with Crippen molar-refractivity contribution in [1.82, 2.24) is 0 Å². The fraction of sp³-hybridized carbons (Fsp3) is 1.00. The molecule has 0 N–H and O–H groups in total. The highest BCUT2D eigenvalue weighted by Gasteiger charge is 2.09. The molecule has 0 spiro atoms. The van der Waals surface area contributed by atoms with Crippen LogP contribution in [0.2, 0.25) is 19.6 Å². The molecule has 0 rings (SSSR count). The van der Waals surface area contributed by atoms with Crippen LogP contribution in [0.25, 0.3) is 0 Å². The summed E-state index contributed by atoms with van der Waals surface area (Å²) in [6.07, 6.45) is 0. The highest BCUT2D eigenvalue weighted by atomic mass is 79.9. The largest absolute Gasteiger partial charge is 0.135 e. The molecule has 0 nitrogen and oxygen atoms in total. The number of rotatable bonds is 1. The summed E-state index contributed by atoms with van der Waals surface area (Å²) >= 11 is 3.46. The fourth-order valence-electron chi connectivity index (χ4n) is 0. The van der Waals surface area contributed by atoms with Crippen LogP contribution in [0, 0.1) is 0 Å². The smallest absolute Gasteiger partial charge is 0.124 e. The Kier molecular flexibility index (Phi) is 2.63. The van der Waals surface area contributed by atoms with Gasteiger partial charge in [-0.2, -0.15) is 0 Å². The maximum Gasteiger partial charge on any atom is 0.124 e. The van der Waals surface area contributed by atoms with Crippen molar-refractivity contribution in [3.05, 3.63) is 0 Å². The van der Waals surface area contributed by atoms with Crippen molar-refractivity contribution < 1.29 is 0 Å². The summed E-state index contributed by atoms with van der Waals surface area (Å²) in [5.74, 6) is 0. The molecule has 0 aromatic rings. The molecule has 0 saturated heterocycles. The van der Waals surface area contributed by atoms with E-state index in [1.54, 1.807) is 0 Å². The molecule has 0 atom stereocenters. The molecule has 0 fully saturated rings. The van der Waals surface area contributed by atoms with Crippen molar-refractivity contribution in [2.24, 2.45) is 0 Å². The Bertz CT molecular complexity index is 38.5. The molecule has 0 amide bonds. The monoisotopic (exact) mass is 180 g/mol. The molecular weight excluding hydrogens is 172 g/mol. The van der Waals surface area contributed by atoms with E-state index in [0.717, 1.165) is 7.66 Å². The second-order valence-electron chi connectivity index (χ2n) is 2.34. The minimum atomic E-state index is -0.687. The van der Waals surface area contributed by atoms with Gasteiger partial charge >= 0.3 is 0 Å². The highest BCUT2D eigenvalue weighted by Crippen LogP contribution is 1.99. The van der Waals surface area contributed by atoms with Crippen LogP contribution >= 0.6 is 15.3 Å². The predicted molar refractivity (Wildman–Crippen MR) is 38.0 cm³/mol. The van der Waals surface area contributed by atoms with Crippen molar-refractivity contribution in [2.75, 3.05) is 0 Å². The molecule has 0 aliphatic rings. The van der Waals surface area contributed by atoms with Gasteiger partial charge in [0.05, 0.1) is 0 Å². The van der Waals surface area contributed by atoms with Crippen LogP contribution in [-0.4, -0.2) is 15.2 Å². The van der Waals surface area contributed by atoms with E-state index in [-0.39, 0.29) is 0 Å². The average molecular weight is 181 g/mol. The first-order valence-electron chi connectivity index (χ1n) is 1.94. The highest BCUT2D eigenvalue weighted by molar-refractivity contribution is 9.24. The van der Waals surface area contributed by atoms with Crippen LogP contribution in [0.4, 0.5) is 0 Å². The van der Waals surface area contributed by atoms with Crippen LogP contribution < -0.4 is 0 Å². The predicted octanol–water partition coefficient (Wildman–Crippen LogP) is 1.84. The Balaban J connectivity index is 3.17. The van der Waals surface area contributed by atoms with E-state index in [0.29, 0.717) is 0 Å². The van der Waals surface area contributed by atoms with Crippen LogP contribution in [0.3, 0.4) is 0 Å². The van der Waals surface area contributed by atoms with Crippen molar-refractivity contribution in [1.29, 1.82) is 0 Å². The van der Waals surface area contributed by atoms with Crippen molar-refractivity contribution in [3.8, 4) is 0 Å². The van der Waals surface area contributed by atoms with Gasteiger partial charge in [-0.1, -0.05) is 19.6 Å². The summed E-state index contributed by atoms with van der Waals surface area (Å²) in [6, 6.07) is 0. The SMILES string of the molecule is C[Si](C)(C)[Si]Br. The van der Waals surface area contributed by atoms with Gasteiger partial charge in [-0.3, -0.25) is 0 Å². The lowest BCUT2D eigenvalue weighted by atomic mass is 11.8. The van der Waals surface area contributed by atoms with Crippen LogP contribution in [0.1, 0.15) is 0 Å². The van der Waals surface area contributed by atoms with Gasteiger partial charge in [0, 0.05) is 7.59 Å². The van der Waals surface area contributed by atoms with Gasteiger partial charge in [-0.05, 0) is 0 Å². The zero-order valence-electron chi connectivity index (χ0n) is 4.38. The lowest BCUT2D eigenvalue weighted by molar-refractivity contribution is 1.87. The maximum atomic E-state index is 3.46. The lowest BCUT2D eigenvalue weighted by Gasteiger charge is -2.06. The van der Waals surface area contributed by atoms with Crippen molar-refractivity contribution in [2.45, 2.75) is 19.6 Å². The Morgan fingerprint density at radius 2 is 1.50 bits per heavy atom. The van der Waals surface area contributed by atoms with E-state index >= 15 is 0 Å². The summed E-state index contributed by atoms with van der Waals surface area (Å²) in [4.78, 5) is 0. The van der Waals surface area contributed by atoms with E-state index in [2.05, 4.69) is 34.9 Å². The normalized spacial score (nSPS) is 12.0. The van der Waals surface area contributed by atoms with Crippen molar-refractivity contribution >= 4 is 30.5 Å². The number of halogens is 1. The first kappa shape index (κ1) is 6.91. The van der Waals surface area contributed by atoms with Gasteiger partial charge in [0.25, 0.3) is 0 Å². The van der Waals surface area contributed by atoms with Gasteiger partial charge in [-0.15, -0.1) is 15.3 Å². The summed E-state index contributed by atoms with van der Waals surface area (Å²) < 4.78 is 0. The van der Waals surface area contributed by atoms with E-state index in [1.807, 2.05) is 0 Å². The standard InChI is InChI=1S/C3H9BrSi2/c1-6(2,3)5-4/h1-3H3. The molecule has 0 heterocycles. The van der Waals surface area contributed by atoms with Gasteiger partial charge in [0.15, 0.2) is 0 Å². The molecule has 0 aliphatic heterocycles. The van der Waals surface area contributed by atoms with Gasteiger partial charge < -0.3 is 0 Å². The first-order valence-corrected chi connectivity index (χ1v) is 9.70. The Morgan fingerprint density at radius 3 is 1.50 bits per heavy atom. The molecule has 0 bridgehead atoms. The average Bonchev–Trinajstić information content (AvgIpc) is 1.35. The summed E-state index contributed by atoms with van der Waals surface area (Å²) in [6.45, 7) is 7.04. The first-order chi connectivity index (χ1) is 2.56. The third kappa shape index (κ3) is 4.91. The molecule has 6 heavy (non-hydrogen) atoms. The minimum Gasteiger partial charge on any atom is -0.135 e. The Hall–Kier alpha value is 0.914. The van der Waals surface area contributed by atoms with Gasteiger partial charge in [-0.25, -0.2) is 0 Å². The fourth-order valence-corrected chi connectivity index (χ4v) is 0. The molecule has 2 radical (unpaired) electrons. The second-order valence-corrected chi connectivity index (χ2v) is 15.7. The molecule has 0 saturated carbocycles. The maximum absolute atomic E-state index is 3.46. The molecule has 0 aromatic carbocycles. The van der Waals surface area contributed by atoms with E-state index < -0.39 is 7.59 Å². The van der Waals surface area contributed by atoms with E-state index in [9.17, 15) is 0 Å². The molecular formula is C3H9BrSi2. The van der Waals surface area contributed by atoms with Gasteiger partial charge in [0.2, 0.25) is 0 Å². The zero-order valence-corrected chi connectivity index (χ0v) is 7.96. The third-order valence-corrected chi connectivity index (χ3v) is 13.3. The van der Waals surface area contributed by atoms with E-state index in [1.165, 1.54) is 0 Å². The van der Waals surface area contributed by atoms with Gasteiger partial charge in [0.1, 0.15) is 7.66 Å². The number of hydrogen-bond donors (Lipinski definition) is 0. The quantitative estimate of drug-likeness (QED) is 0.427. The third-order valence-electron chi connectivity index (χ3n) is 0.283. The number of hydrogen-bond acceptors (Lipinski definition) is 0. The second kappa shape index (κ2) is 2.28. The van der Waals surface area contributed by atoms with Crippen molar-refractivity contribution in [3.63, 3.8) is 0 Å². The topological polar surface area (TPSA) is 0 Å². The van der Waals surface area contributed by atoms with E-state index in [4.69, 9.17) is 0 Å². The van der Waals surface area contributed by atoms with Crippen LogP contribution in [-0.2, 0) is 0 Å². The lowest BCUT2D eigenvalue weighted by Crippen LogP contribution is -2.25. The zero-order chi connectivity index (χ0) is 5.21. The Morgan fingerprint density at radius 1 is 1.33 bits per heavy atom. The Labute approximate surface area is 50.5 Å². The summed E-state index contributed by atoms with van der Waals surface area (Å²) in [5, 5.41) is 0. The molecule has 3 heteroatoms. The van der Waals surface area contributed by atoms with Crippen LogP contribution in [0.5, 0.6) is 0 Å². The summed E-state index contributed by atoms with van der Waals surface area (Å²) in [5.41, 5.74) is 0. The molecule has 0 unspecified atom stereocenters. The molecule has 0 aromatic heterocycles. The molecule has 36 valence electrons. The van der Waals surface area contributed by atoms with Crippen LogP contribution in [0.15, 0.2) is 0 Å².